The Morgan fingerprint density at radius 1 is 1.27 bits per heavy atom. The summed E-state index contributed by atoms with van der Waals surface area (Å²) in [5.41, 5.74) is 0.255. The van der Waals surface area contributed by atoms with Crippen LogP contribution >= 0.6 is 11.6 Å². The number of carbonyl (C=O) groups is 2. The van der Waals surface area contributed by atoms with E-state index in [1.165, 1.54) is 25.4 Å². The SMILES string of the molecule is CC(=O)N[C@@H](C)COc1cc(Cl)c(NC(=O)c2cnc(OCC3CC3)c(F)c2)cn1. The molecule has 1 aliphatic carbocycles. The van der Waals surface area contributed by atoms with Crippen LogP contribution in [0.15, 0.2) is 24.5 Å². The van der Waals surface area contributed by atoms with Gasteiger partial charge in [-0.25, -0.2) is 14.4 Å². The fraction of sp³-hybridized carbons (Fsp3) is 0.400. The van der Waals surface area contributed by atoms with Crippen molar-refractivity contribution in [3.05, 3.63) is 40.9 Å². The van der Waals surface area contributed by atoms with E-state index in [-0.39, 0.29) is 46.6 Å². The van der Waals surface area contributed by atoms with Gasteiger partial charge in [0.05, 0.1) is 35.1 Å². The van der Waals surface area contributed by atoms with Gasteiger partial charge in [0.15, 0.2) is 5.82 Å². The molecule has 8 nitrogen and oxygen atoms in total. The largest absolute Gasteiger partial charge is 0.475 e. The highest BCUT2D eigenvalue weighted by Crippen LogP contribution is 2.30. The number of rotatable bonds is 9. The standard InChI is InChI=1S/C20H22ClFN4O4/c1-11(25-12(2)27)9-29-18-6-15(21)17(8-23-18)26-19(28)14-5-16(22)20(24-7-14)30-10-13-3-4-13/h5-8,11,13H,3-4,9-10H2,1-2H3,(H,25,27)(H,26,28)/t11-/m0/s1. The molecule has 160 valence electrons. The van der Waals surface area contributed by atoms with Crippen molar-refractivity contribution in [1.29, 1.82) is 0 Å². The molecule has 0 spiro atoms. The van der Waals surface area contributed by atoms with Crippen molar-refractivity contribution in [1.82, 2.24) is 15.3 Å². The lowest BCUT2D eigenvalue weighted by atomic mass is 10.2. The molecule has 2 amide bonds. The Bertz CT molecular complexity index is 939. The van der Waals surface area contributed by atoms with E-state index in [2.05, 4.69) is 20.6 Å². The van der Waals surface area contributed by atoms with Gasteiger partial charge in [0.1, 0.15) is 6.61 Å². The molecule has 10 heteroatoms. The molecule has 1 fully saturated rings. The lowest BCUT2D eigenvalue weighted by Gasteiger charge is -2.14. The molecular weight excluding hydrogens is 415 g/mol. The van der Waals surface area contributed by atoms with Gasteiger partial charge in [-0.2, -0.15) is 0 Å². The maximum absolute atomic E-state index is 14.1. The summed E-state index contributed by atoms with van der Waals surface area (Å²) in [6.45, 7) is 3.83. The minimum absolute atomic E-state index is 0.0202. The summed E-state index contributed by atoms with van der Waals surface area (Å²) in [6.07, 6.45) is 4.72. The maximum atomic E-state index is 14.1. The fourth-order valence-electron chi connectivity index (χ4n) is 2.51. The first-order valence-electron chi connectivity index (χ1n) is 9.47. The molecule has 2 heterocycles. The van der Waals surface area contributed by atoms with Crippen molar-refractivity contribution in [2.24, 2.45) is 5.92 Å². The highest BCUT2D eigenvalue weighted by molar-refractivity contribution is 6.34. The summed E-state index contributed by atoms with van der Waals surface area (Å²) >= 11 is 6.18. The molecule has 2 aromatic heterocycles. The number of aromatic nitrogens is 2. The van der Waals surface area contributed by atoms with Crippen molar-refractivity contribution < 1.29 is 23.5 Å². The molecule has 0 radical (unpaired) electrons. The number of amides is 2. The highest BCUT2D eigenvalue weighted by Gasteiger charge is 2.23. The monoisotopic (exact) mass is 436 g/mol. The number of nitrogens with one attached hydrogen (secondary N) is 2. The van der Waals surface area contributed by atoms with Crippen LogP contribution in [-0.2, 0) is 4.79 Å². The average molecular weight is 437 g/mol. The molecule has 0 aliphatic heterocycles. The van der Waals surface area contributed by atoms with Gasteiger partial charge in [-0.15, -0.1) is 0 Å². The Kier molecular flexibility index (Phi) is 7.04. The number of nitrogens with zero attached hydrogens (tertiary/aromatic N) is 2. The van der Waals surface area contributed by atoms with Gasteiger partial charge >= 0.3 is 0 Å². The molecule has 3 rings (SSSR count). The van der Waals surface area contributed by atoms with E-state index >= 15 is 0 Å². The van der Waals surface area contributed by atoms with Crippen molar-refractivity contribution in [3.63, 3.8) is 0 Å². The first-order valence-corrected chi connectivity index (χ1v) is 9.84. The number of ether oxygens (including phenoxy) is 2. The van der Waals surface area contributed by atoms with E-state index < -0.39 is 11.7 Å². The van der Waals surface area contributed by atoms with E-state index in [1.807, 2.05) is 0 Å². The maximum Gasteiger partial charge on any atom is 0.257 e. The lowest BCUT2D eigenvalue weighted by molar-refractivity contribution is -0.119. The number of halogens is 2. The van der Waals surface area contributed by atoms with Crippen LogP contribution < -0.4 is 20.1 Å². The quantitative estimate of drug-likeness (QED) is 0.625. The topological polar surface area (TPSA) is 102 Å². The minimum Gasteiger partial charge on any atom is -0.475 e. The molecule has 2 aromatic rings. The molecule has 30 heavy (non-hydrogen) atoms. The van der Waals surface area contributed by atoms with Crippen molar-refractivity contribution in [2.45, 2.75) is 32.7 Å². The second-order valence-corrected chi connectivity index (χ2v) is 7.54. The van der Waals surface area contributed by atoms with Crippen LogP contribution in [0.2, 0.25) is 5.02 Å². The first-order chi connectivity index (χ1) is 14.3. The van der Waals surface area contributed by atoms with Crippen molar-refractivity contribution >= 4 is 29.1 Å². The smallest absolute Gasteiger partial charge is 0.257 e. The minimum atomic E-state index is -0.704. The average Bonchev–Trinajstić information content (AvgIpc) is 3.51. The van der Waals surface area contributed by atoms with Gasteiger partial charge in [-0.05, 0) is 31.7 Å². The fourth-order valence-corrected chi connectivity index (χ4v) is 2.70. The van der Waals surface area contributed by atoms with E-state index in [0.717, 1.165) is 18.9 Å². The van der Waals surface area contributed by atoms with Crippen molar-refractivity contribution in [3.8, 4) is 11.8 Å². The molecule has 0 bridgehead atoms. The van der Waals surface area contributed by atoms with Crippen LogP contribution in [0, 0.1) is 11.7 Å². The van der Waals surface area contributed by atoms with Crippen molar-refractivity contribution in [2.75, 3.05) is 18.5 Å². The van der Waals surface area contributed by atoms with Crippen LogP contribution in [0.25, 0.3) is 0 Å². The van der Waals surface area contributed by atoms with Crippen LogP contribution in [0.5, 0.6) is 11.8 Å². The molecule has 1 saturated carbocycles. The zero-order valence-electron chi connectivity index (χ0n) is 16.6. The Morgan fingerprint density at radius 3 is 2.67 bits per heavy atom. The Hall–Kier alpha value is -2.94. The van der Waals surface area contributed by atoms with Crippen LogP contribution in [0.3, 0.4) is 0 Å². The highest BCUT2D eigenvalue weighted by atomic mass is 35.5. The Morgan fingerprint density at radius 2 is 2.03 bits per heavy atom. The number of pyridine rings is 2. The second kappa shape index (κ2) is 9.71. The number of hydrogen-bond donors (Lipinski definition) is 2. The number of carbonyl (C=O) groups excluding carboxylic acids is 2. The summed E-state index contributed by atoms with van der Waals surface area (Å²) in [5, 5.41) is 5.43. The van der Waals surface area contributed by atoms with Crippen LogP contribution in [-0.4, -0.2) is 41.0 Å². The normalized spacial score (nSPS) is 14.0. The number of anilines is 1. The van der Waals surface area contributed by atoms with Gasteiger partial charge < -0.3 is 20.1 Å². The third-order valence-corrected chi connectivity index (χ3v) is 4.54. The van der Waals surface area contributed by atoms with Crippen LogP contribution in [0.1, 0.15) is 37.0 Å². The zero-order chi connectivity index (χ0) is 21.7. The Balaban J connectivity index is 1.57. The van der Waals surface area contributed by atoms with Gasteiger partial charge in [-0.3, -0.25) is 9.59 Å². The van der Waals surface area contributed by atoms with Crippen LogP contribution in [0.4, 0.5) is 10.1 Å². The van der Waals surface area contributed by atoms with Gasteiger partial charge in [0.2, 0.25) is 17.7 Å². The molecule has 0 saturated heterocycles. The third-order valence-electron chi connectivity index (χ3n) is 4.23. The Labute approximate surface area is 178 Å². The van der Waals surface area contributed by atoms with E-state index in [4.69, 9.17) is 21.1 Å². The summed E-state index contributed by atoms with van der Waals surface area (Å²) in [4.78, 5) is 31.4. The summed E-state index contributed by atoms with van der Waals surface area (Å²) in [6, 6.07) is 2.29. The third kappa shape index (κ3) is 6.28. The molecule has 1 aliphatic rings. The molecular formula is C20H22ClFN4O4. The summed E-state index contributed by atoms with van der Waals surface area (Å²) in [7, 11) is 0. The lowest BCUT2D eigenvalue weighted by Crippen LogP contribution is -2.35. The van der Waals surface area contributed by atoms with Gasteiger partial charge in [-0.1, -0.05) is 11.6 Å². The van der Waals surface area contributed by atoms with E-state index in [9.17, 15) is 14.0 Å². The molecule has 1 atom stereocenters. The van der Waals surface area contributed by atoms with E-state index in [1.54, 1.807) is 6.92 Å². The van der Waals surface area contributed by atoms with E-state index in [0.29, 0.717) is 12.5 Å². The predicted octanol–water partition coefficient (Wildman–Crippen LogP) is 3.21. The summed E-state index contributed by atoms with van der Waals surface area (Å²) < 4.78 is 24.9. The molecule has 2 N–H and O–H groups in total. The zero-order valence-corrected chi connectivity index (χ0v) is 17.3. The molecule has 0 unspecified atom stereocenters. The molecule has 0 aromatic carbocycles. The van der Waals surface area contributed by atoms with Gasteiger partial charge in [0.25, 0.3) is 5.91 Å². The summed E-state index contributed by atoms with van der Waals surface area (Å²) in [5.74, 6) is -0.877. The second-order valence-electron chi connectivity index (χ2n) is 7.13. The van der Waals surface area contributed by atoms with Gasteiger partial charge in [0, 0.05) is 19.2 Å². The number of hydrogen-bond acceptors (Lipinski definition) is 6. The first kappa shape index (κ1) is 21.8. The predicted molar refractivity (Wildman–Crippen MR) is 108 cm³/mol.